The topological polar surface area (TPSA) is 54.9 Å². The molecule has 0 radical (unpaired) electrons. The third-order valence-electron chi connectivity index (χ3n) is 4.28. The van der Waals surface area contributed by atoms with Crippen molar-refractivity contribution < 1.29 is 4.79 Å². The molecule has 0 saturated carbocycles. The zero-order valence-corrected chi connectivity index (χ0v) is 16.4. The molecule has 1 unspecified atom stereocenters. The minimum Gasteiger partial charge on any atom is -0.350 e. The van der Waals surface area contributed by atoms with Crippen molar-refractivity contribution in [1.82, 2.24) is 15.5 Å². The second kappa shape index (κ2) is 9.33. The van der Waals surface area contributed by atoms with Crippen LogP contribution in [0.1, 0.15) is 36.2 Å². The van der Waals surface area contributed by atoms with Crippen molar-refractivity contribution in [2.75, 3.05) is 0 Å². The average Bonchev–Trinajstić information content (AvgIpc) is 2.73. The van der Waals surface area contributed by atoms with Crippen molar-refractivity contribution in [3.05, 3.63) is 77.9 Å². The number of hydrogen-bond acceptors (Lipinski definition) is 4. The fraction of sp³-hybridized carbons (Fsp3) is 0.227. The molecule has 0 bridgehead atoms. The molecule has 138 valence electrons. The molecule has 0 aliphatic carbocycles. The van der Waals surface area contributed by atoms with Gasteiger partial charge in [-0.2, -0.15) is 0 Å². The number of nitrogens with one attached hydrogen (secondary N) is 1. The van der Waals surface area contributed by atoms with Gasteiger partial charge in [-0.15, -0.1) is 10.2 Å². The Morgan fingerprint density at radius 1 is 1.04 bits per heavy atom. The van der Waals surface area contributed by atoms with E-state index in [4.69, 9.17) is 0 Å². The van der Waals surface area contributed by atoms with E-state index in [0.717, 1.165) is 34.0 Å². The van der Waals surface area contributed by atoms with Gasteiger partial charge in [0.2, 0.25) is 0 Å². The Balaban J connectivity index is 1.61. The molecule has 1 amide bonds. The highest BCUT2D eigenvalue weighted by atomic mass is 32.2. The number of aromatic nitrogens is 2. The summed E-state index contributed by atoms with van der Waals surface area (Å²) < 4.78 is 0. The first-order valence-corrected chi connectivity index (χ1v) is 10.1. The lowest BCUT2D eigenvalue weighted by molar-refractivity contribution is 0.0939. The Morgan fingerprint density at radius 2 is 1.85 bits per heavy atom. The van der Waals surface area contributed by atoms with E-state index in [9.17, 15) is 4.79 Å². The first-order valence-electron chi connectivity index (χ1n) is 9.07. The van der Waals surface area contributed by atoms with E-state index in [1.807, 2.05) is 73.7 Å². The number of carbonyl (C=O) groups is 1. The van der Waals surface area contributed by atoms with Crippen LogP contribution >= 0.6 is 11.8 Å². The number of benzene rings is 2. The van der Waals surface area contributed by atoms with Gasteiger partial charge in [0.25, 0.3) is 5.91 Å². The zero-order chi connectivity index (χ0) is 19.1. The van der Waals surface area contributed by atoms with Crippen LogP contribution < -0.4 is 5.32 Å². The van der Waals surface area contributed by atoms with Crippen LogP contribution in [0, 0.1) is 0 Å². The molecule has 0 aliphatic heterocycles. The summed E-state index contributed by atoms with van der Waals surface area (Å²) in [6.07, 6.45) is 0.916. The van der Waals surface area contributed by atoms with Gasteiger partial charge in [0, 0.05) is 22.9 Å². The van der Waals surface area contributed by atoms with E-state index in [1.54, 1.807) is 11.8 Å². The monoisotopic (exact) mass is 377 g/mol. The SMILES string of the molecule is CCC(C)NC(=O)c1cccc(CSc2ccc(-c3ccccc3)nn2)c1. The highest BCUT2D eigenvalue weighted by Crippen LogP contribution is 2.23. The lowest BCUT2D eigenvalue weighted by Crippen LogP contribution is -2.31. The van der Waals surface area contributed by atoms with Gasteiger partial charge in [-0.3, -0.25) is 4.79 Å². The molecule has 0 spiro atoms. The van der Waals surface area contributed by atoms with E-state index in [1.165, 1.54) is 0 Å². The summed E-state index contributed by atoms with van der Waals surface area (Å²) in [5.41, 5.74) is 3.70. The molecule has 27 heavy (non-hydrogen) atoms. The Bertz CT molecular complexity index is 882. The first-order chi connectivity index (χ1) is 13.2. The minimum atomic E-state index is -0.0248. The summed E-state index contributed by atoms with van der Waals surface area (Å²) >= 11 is 1.61. The third kappa shape index (κ3) is 5.41. The summed E-state index contributed by atoms with van der Waals surface area (Å²) in [4.78, 5) is 12.3. The molecule has 4 nitrogen and oxygen atoms in total. The standard InChI is InChI=1S/C22H23N3OS/c1-3-16(2)23-22(26)19-11-7-8-17(14-19)15-27-21-13-12-20(24-25-21)18-9-5-4-6-10-18/h4-14,16H,3,15H2,1-2H3,(H,23,26). The van der Waals surface area contributed by atoms with E-state index < -0.39 is 0 Å². The summed E-state index contributed by atoms with van der Waals surface area (Å²) in [7, 11) is 0. The molecule has 3 rings (SSSR count). The van der Waals surface area contributed by atoms with Crippen molar-refractivity contribution >= 4 is 17.7 Å². The lowest BCUT2D eigenvalue weighted by atomic mass is 10.1. The Hall–Kier alpha value is -2.66. The molecule has 5 heteroatoms. The first kappa shape index (κ1) is 19.1. The second-order valence-corrected chi connectivity index (χ2v) is 7.39. The van der Waals surface area contributed by atoms with Crippen molar-refractivity contribution in [2.24, 2.45) is 0 Å². The smallest absolute Gasteiger partial charge is 0.251 e. The van der Waals surface area contributed by atoms with Crippen molar-refractivity contribution in [3.63, 3.8) is 0 Å². The van der Waals surface area contributed by atoms with Crippen LogP contribution in [-0.2, 0) is 5.75 Å². The van der Waals surface area contributed by atoms with E-state index in [0.29, 0.717) is 5.56 Å². The molecule has 3 aromatic rings. The highest BCUT2D eigenvalue weighted by molar-refractivity contribution is 7.98. The normalized spacial score (nSPS) is 11.8. The van der Waals surface area contributed by atoms with E-state index in [2.05, 4.69) is 22.4 Å². The zero-order valence-electron chi connectivity index (χ0n) is 15.6. The molecule has 0 aliphatic rings. The molecule has 2 aromatic carbocycles. The van der Waals surface area contributed by atoms with Crippen LogP contribution in [0.25, 0.3) is 11.3 Å². The van der Waals surface area contributed by atoms with Crippen LogP contribution in [-0.4, -0.2) is 22.1 Å². The largest absolute Gasteiger partial charge is 0.350 e. The summed E-state index contributed by atoms with van der Waals surface area (Å²) in [5, 5.41) is 12.5. The average molecular weight is 378 g/mol. The van der Waals surface area contributed by atoms with Gasteiger partial charge in [-0.1, -0.05) is 61.2 Å². The Labute approximate surface area is 164 Å². The maximum absolute atomic E-state index is 12.3. The predicted molar refractivity (Wildman–Crippen MR) is 111 cm³/mol. The molecular formula is C22H23N3OS. The van der Waals surface area contributed by atoms with Gasteiger partial charge in [0.1, 0.15) is 5.03 Å². The van der Waals surface area contributed by atoms with E-state index in [-0.39, 0.29) is 11.9 Å². The van der Waals surface area contributed by atoms with Crippen LogP contribution in [0.5, 0.6) is 0 Å². The molecular weight excluding hydrogens is 354 g/mol. The Kier molecular flexibility index (Phi) is 6.60. The predicted octanol–water partition coefficient (Wildman–Crippen LogP) is 4.96. The highest BCUT2D eigenvalue weighted by Gasteiger charge is 2.09. The summed E-state index contributed by atoms with van der Waals surface area (Å²) in [6.45, 7) is 4.07. The number of rotatable bonds is 7. The van der Waals surface area contributed by atoms with Crippen molar-refractivity contribution in [2.45, 2.75) is 37.1 Å². The molecule has 1 heterocycles. The van der Waals surface area contributed by atoms with Crippen LogP contribution in [0.2, 0.25) is 0 Å². The molecule has 1 N–H and O–H groups in total. The van der Waals surface area contributed by atoms with Gasteiger partial charge in [0.05, 0.1) is 5.69 Å². The Morgan fingerprint density at radius 3 is 2.56 bits per heavy atom. The van der Waals surface area contributed by atoms with E-state index >= 15 is 0 Å². The van der Waals surface area contributed by atoms with Gasteiger partial charge < -0.3 is 5.32 Å². The van der Waals surface area contributed by atoms with Gasteiger partial charge in [0.15, 0.2) is 0 Å². The lowest BCUT2D eigenvalue weighted by Gasteiger charge is -2.12. The number of amides is 1. The van der Waals surface area contributed by atoms with Crippen LogP contribution in [0.15, 0.2) is 71.8 Å². The molecule has 0 saturated heterocycles. The number of nitrogens with zero attached hydrogens (tertiary/aromatic N) is 2. The van der Waals surface area contributed by atoms with Gasteiger partial charge >= 0.3 is 0 Å². The fourth-order valence-corrected chi connectivity index (χ4v) is 3.29. The minimum absolute atomic E-state index is 0.0248. The fourth-order valence-electron chi connectivity index (χ4n) is 2.53. The molecule has 0 fully saturated rings. The van der Waals surface area contributed by atoms with Crippen LogP contribution in [0.3, 0.4) is 0 Å². The van der Waals surface area contributed by atoms with Gasteiger partial charge in [-0.25, -0.2) is 0 Å². The third-order valence-corrected chi connectivity index (χ3v) is 5.27. The number of thioether (sulfide) groups is 1. The van der Waals surface area contributed by atoms with Crippen LogP contribution in [0.4, 0.5) is 0 Å². The summed E-state index contributed by atoms with van der Waals surface area (Å²) in [5.74, 6) is 0.715. The second-order valence-electron chi connectivity index (χ2n) is 6.39. The van der Waals surface area contributed by atoms with Crippen molar-refractivity contribution in [3.8, 4) is 11.3 Å². The van der Waals surface area contributed by atoms with Gasteiger partial charge in [-0.05, 0) is 43.2 Å². The quantitative estimate of drug-likeness (QED) is 0.591. The maximum atomic E-state index is 12.3. The van der Waals surface area contributed by atoms with Crippen molar-refractivity contribution in [1.29, 1.82) is 0 Å². The number of hydrogen-bond donors (Lipinski definition) is 1. The number of carbonyl (C=O) groups excluding carboxylic acids is 1. The molecule has 1 atom stereocenters. The maximum Gasteiger partial charge on any atom is 0.251 e. The molecule has 1 aromatic heterocycles. The summed E-state index contributed by atoms with van der Waals surface area (Å²) in [6, 6.07) is 21.9.